The van der Waals surface area contributed by atoms with E-state index in [4.69, 9.17) is 4.74 Å². The molecule has 2 rings (SSSR count). The summed E-state index contributed by atoms with van der Waals surface area (Å²) in [4.78, 5) is 25.2. The minimum Gasteiger partial charge on any atom is -0.483 e. The van der Waals surface area contributed by atoms with Gasteiger partial charge in [-0.05, 0) is 42.8 Å². The van der Waals surface area contributed by atoms with Gasteiger partial charge in [0.15, 0.2) is 6.61 Å². The number of anilines is 1. The Bertz CT molecular complexity index is 742. The van der Waals surface area contributed by atoms with Gasteiger partial charge in [0.1, 0.15) is 11.6 Å². The summed E-state index contributed by atoms with van der Waals surface area (Å²) in [6, 6.07) is 10.7. The lowest BCUT2D eigenvalue weighted by Gasteiger charge is -2.11. The predicted molar refractivity (Wildman–Crippen MR) is 89.7 cm³/mol. The largest absolute Gasteiger partial charge is 0.483 e. The van der Waals surface area contributed by atoms with Crippen LogP contribution in [-0.4, -0.2) is 37.4 Å². The SMILES string of the molecule is Cc1ccc(F)cc1OCC(=O)Nc1ccc(C(=O)N(C)C)cc1. The fraction of sp³-hybridized carbons (Fsp3) is 0.222. The van der Waals surface area contributed by atoms with Crippen molar-refractivity contribution >= 4 is 17.5 Å². The van der Waals surface area contributed by atoms with E-state index in [1.807, 2.05) is 0 Å². The zero-order valence-electron chi connectivity index (χ0n) is 13.8. The van der Waals surface area contributed by atoms with Gasteiger partial charge in [0.2, 0.25) is 0 Å². The van der Waals surface area contributed by atoms with Crippen molar-refractivity contribution < 1.29 is 18.7 Å². The molecule has 0 radical (unpaired) electrons. The summed E-state index contributed by atoms with van der Waals surface area (Å²) in [6.07, 6.45) is 0. The lowest BCUT2D eigenvalue weighted by Crippen LogP contribution is -2.22. The van der Waals surface area contributed by atoms with Crippen molar-refractivity contribution in [1.29, 1.82) is 0 Å². The average Bonchev–Trinajstić information content (AvgIpc) is 2.55. The standard InChI is InChI=1S/C18H19FN2O3/c1-12-4-7-14(19)10-16(12)24-11-17(22)20-15-8-5-13(6-9-15)18(23)21(2)3/h4-10H,11H2,1-3H3,(H,20,22). The zero-order chi connectivity index (χ0) is 17.7. The fourth-order valence-electron chi connectivity index (χ4n) is 2.02. The number of benzene rings is 2. The number of carbonyl (C=O) groups excluding carboxylic acids is 2. The Hall–Kier alpha value is -2.89. The fourth-order valence-corrected chi connectivity index (χ4v) is 2.02. The molecule has 0 heterocycles. The van der Waals surface area contributed by atoms with E-state index >= 15 is 0 Å². The Morgan fingerprint density at radius 3 is 2.42 bits per heavy atom. The first kappa shape index (κ1) is 17.5. The Labute approximate surface area is 140 Å². The molecule has 0 saturated carbocycles. The van der Waals surface area contributed by atoms with Gasteiger partial charge in [-0.15, -0.1) is 0 Å². The minimum absolute atomic E-state index is 0.113. The first-order valence-electron chi connectivity index (χ1n) is 7.37. The van der Waals surface area contributed by atoms with Gasteiger partial charge in [-0.3, -0.25) is 9.59 Å². The number of hydrogen-bond acceptors (Lipinski definition) is 3. The van der Waals surface area contributed by atoms with Crippen LogP contribution < -0.4 is 10.1 Å². The van der Waals surface area contributed by atoms with Gasteiger partial charge in [0.05, 0.1) is 0 Å². The minimum atomic E-state index is -0.419. The molecule has 1 N–H and O–H groups in total. The smallest absolute Gasteiger partial charge is 0.262 e. The summed E-state index contributed by atoms with van der Waals surface area (Å²) < 4.78 is 18.5. The van der Waals surface area contributed by atoms with Gasteiger partial charge in [-0.1, -0.05) is 6.07 Å². The number of nitrogens with zero attached hydrogens (tertiary/aromatic N) is 1. The van der Waals surface area contributed by atoms with Crippen LogP contribution in [0.25, 0.3) is 0 Å². The Morgan fingerprint density at radius 1 is 1.12 bits per heavy atom. The number of carbonyl (C=O) groups is 2. The first-order valence-corrected chi connectivity index (χ1v) is 7.37. The molecule has 2 aromatic carbocycles. The van der Waals surface area contributed by atoms with Crippen molar-refractivity contribution in [2.45, 2.75) is 6.92 Å². The zero-order valence-corrected chi connectivity index (χ0v) is 13.8. The molecule has 0 aliphatic rings. The van der Waals surface area contributed by atoms with Crippen molar-refractivity contribution in [2.24, 2.45) is 0 Å². The molecule has 0 aromatic heterocycles. The second-order valence-electron chi connectivity index (χ2n) is 5.52. The van der Waals surface area contributed by atoms with E-state index in [9.17, 15) is 14.0 Å². The Balaban J connectivity index is 1.92. The van der Waals surface area contributed by atoms with Crippen LogP contribution in [0.4, 0.5) is 10.1 Å². The van der Waals surface area contributed by atoms with E-state index in [1.54, 1.807) is 51.4 Å². The average molecular weight is 330 g/mol. The quantitative estimate of drug-likeness (QED) is 0.917. The van der Waals surface area contributed by atoms with Gasteiger partial charge in [-0.25, -0.2) is 4.39 Å². The van der Waals surface area contributed by atoms with Crippen LogP contribution in [0.1, 0.15) is 15.9 Å². The second-order valence-corrected chi connectivity index (χ2v) is 5.52. The molecule has 0 aliphatic carbocycles. The summed E-state index contributed by atoms with van der Waals surface area (Å²) >= 11 is 0. The molecule has 2 amide bonds. The van der Waals surface area contributed by atoms with Crippen LogP contribution in [0, 0.1) is 12.7 Å². The lowest BCUT2D eigenvalue weighted by molar-refractivity contribution is -0.118. The molecule has 0 aliphatic heterocycles. The molecule has 5 nitrogen and oxygen atoms in total. The van der Waals surface area contributed by atoms with Gasteiger partial charge >= 0.3 is 0 Å². The molecule has 0 fully saturated rings. The maximum absolute atomic E-state index is 13.2. The lowest BCUT2D eigenvalue weighted by atomic mass is 10.2. The van der Waals surface area contributed by atoms with Crippen LogP contribution in [0.2, 0.25) is 0 Å². The van der Waals surface area contributed by atoms with Crippen LogP contribution in [0.3, 0.4) is 0 Å². The Kier molecular flexibility index (Phi) is 5.52. The molecule has 0 saturated heterocycles. The number of aryl methyl sites for hydroxylation is 1. The number of ether oxygens (including phenoxy) is 1. The van der Waals surface area contributed by atoms with E-state index < -0.39 is 5.82 Å². The summed E-state index contributed by atoms with van der Waals surface area (Å²) in [5.41, 5.74) is 1.83. The number of rotatable bonds is 5. The van der Waals surface area contributed by atoms with Crippen LogP contribution >= 0.6 is 0 Å². The summed E-state index contributed by atoms with van der Waals surface area (Å²) in [6.45, 7) is 1.54. The highest BCUT2D eigenvalue weighted by Crippen LogP contribution is 2.18. The number of hydrogen-bond donors (Lipinski definition) is 1. The first-order chi connectivity index (χ1) is 11.4. The van der Waals surface area contributed by atoms with E-state index in [0.717, 1.165) is 5.56 Å². The third-order valence-corrected chi connectivity index (χ3v) is 3.33. The Morgan fingerprint density at radius 2 is 1.79 bits per heavy atom. The van der Waals surface area contributed by atoms with E-state index in [0.29, 0.717) is 17.0 Å². The number of nitrogens with one attached hydrogen (secondary N) is 1. The van der Waals surface area contributed by atoms with Crippen molar-refractivity contribution in [3.63, 3.8) is 0 Å². The summed E-state index contributed by atoms with van der Waals surface area (Å²) in [5.74, 6) is -0.572. The van der Waals surface area contributed by atoms with Gasteiger partial charge in [0.25, 0.3) is 11.8 Å². The van der Waals surface area contributed by atoms with Crippen molar-refractivity contribution in [3.8, 4) is 5.75 Å². The van der Waals surface area contributed by atoms with Crippen LogP contribution in [-0.2, 0) is 4.79 Å². The monoisotopic (exact) mass is 330 g/mol. The molecule has 6 heteroatoms. The summed E-state index contributed by atoms with van der Waals surface area (Å²) in [7, 11) is 3.34. The molecule has 126 valence electrons. The van der Waals surface area contributed by atoms with E-state index in [2.05, 4.69) is 5.32 Å². The highest BCUT2D eigenvalue weighted by Gasteiger charge is 2.09. The highest BCUT2D eigenvalue weighted by molar-refractivity contribution is 5.95. The molecule has 24 heavy (non-hydrogen) atoms. The van der Waals surface area contributed by atoms with Crippen molar-refractivity contribution in [3.05, 3.63) is 59.4 Å². The van der Waals surface area contributed by atoms with Crippen LogP contribution in [0.15, 0.2) is 42.5 Å². The van der Waals surface area contributed by atoms with Crippen LogP contribution in [0.5, 0.6) is 5.75 Å². The molecule has 0 spiro atoms. The number of halogens is 1. The number of amides is 2. The van der Waals surface area contributed by atoms with E-state index in [-0.39, 0.29) is 18.4 Å². The van der Waals surface area contributed by atoms with Crippen molar-refractivity contribution in [2.75, 3.05) is 26.0 Å². The molecule has 0 unspecified atom stereocenters. The summed E-state index contributed by atoms with van der Waals surface area (Å²) in [5, 5.41) is 2.66. The third kappa shape index (κ3) is 4.55. The normalized spacial score (nSPS) is 10.2. The van der Waals surface area contributed by atoms with Gasteiger partial charge < -0.3 is 15.0 Å². The van der Waals surface area contributed by atoms with Gasteiger partial charge in [-0.2, -0.15) is 0 Å². The van der Waals surface area contributed by atoms with Gasteiger partial charge in [0, 0.05) is 31.4 Å². The van der Waals surface area contributed by atoms with Crippen molar-refractivity contribution in [1.82, 2.24) is 4.90 Å². The maximum Gasteiger partial charge on any atom is 0.262 e. The second kappa shape index (κ2) is 7.59. The van der Waals surface area contributed by atoms with E-state index in [1.165, 1.54) is 17.0 Å². The molecular weight excluding hydrogens is 311 g/mol. The highest BCUT2D eigenvalue weighted by atomic mass is 19.1. The third-order valence-electron chi connectivity index (χ3n) is 3.33. The topological polar surface area (TPSA) is 58.6 Å². The maximum atomic E-state index is 13.2. The molecule has 0 bridgehead atoms. The predicted octanol–water partition coefficient (Wildman–Crippen LogP) is 2.85. The molecule has 2 aromatic rings. The molecule has 0 atom stereocenters. The molecular formula is C18H19FN2O3.